The first kappa shape index (κ1) is 12.5. The zero-order valence-corrected chi connectivity index (χ0v) is 11.2. The van der Waals surface area contributed by atoms with Crippen molar-refractivity contribution in [3.63, 3.8) is 0 Å². The predicted molar refractivity (Wildman–Crippen MR) is 73.7 cm³/mol. The van der Waals surface area contributed by atoms with Gasteiger partial charge in [-0.1, -0.05) is 22.0 Å². The third-order valence-electron chi connectivity index (χ3n) is 2.21. The summed E-state index contributed by atoms with van der Waals surface area (Å²) in [6, 6.07) is 7.34. The van der Waals surface area contributed by atoms with Crippen LogP contribution in [0.3, 0.4) is 0 Å². The lowest BCUT2D eigenvalue weighted by Crippen LogP contribution is -2.14. The van der Waals surface area contributed by atoms with Crippen LogP contribution in [-0.2, 0) is 0 Å². The van der Waals surface area contributed by atoms with Crippen LogP contribution in [0, 0.1) is 0 Å². The molecule has 0 aliphatic rings. The largest absolute Gasteiger partial charge is 0.372 e. The first-order chi connectivity index (χ1) is 8.69. The van der Waals surface area contributed by atoms with Crippen molar-refractivity contribution >= 4 is 33.3 Å². The number of nitrogens with one attached hydrogen (secondary N) is 2. The second kappa shape index (κ2) is 5.59. The summed E-state index contributed by atoms with van der Waals surface area (Å²) >= 11 is 3.34. The number of amides is 1. The first-order valence-corrected chi connectivity index (χ1v) is 6.05. The Morgan fingerprint density at radius 1 is 1.33 bits per heavy atom. The lowest BCUT2D eigenvalue weighted by Gasteiger charge is -2.05. The summed E-state index contributed by atoms with van der Waals surface area (Å²) in [5, 5.41) is 5.59. The molecular weight excluding hydrogens is 296 g/mol. The molecule has 0 saturated carbocycles. The third kappa shape index (κ3) is 3.04. The number of rotatable bonds is 3. The van der Waals surface area contributed by atoms with Crippen LogP contribution in [0.15, 0.2) is 41.1 Å². The average Bonchev–Trinajstić information content (AvgIpc) is 2.39. The Balaban J connectivity index is 2.16. The van der Waals surface area contributed by atoms with Crippen molar-refractivity contribution in [1.29, 1.82) is 0 Å². The summed E-state index contributed by atoms with van der Waals surface area (Å²) < 4.78 is 0.898. The normalized spacial score (nSPS) is 9.89. The summed E-state index contributed by atoms with van der Waals surface area (Å²) in [4.78, 5) is 20.0. The van der Waals surface area contributed by atoms with E-state index >= 15 is 0 Å². The number of halogens is 1. The van der Waals surface area contributed by atoms with Crippen LogP contribution in [0.25, 0.3) is 0 Å². The van der Waals surface area contributed by atoms with E-state index in [1.807, 2.05) is 18.2 Å². The Morgan fingerprint density at radius 2 is 2.17 bits per heavy atom. The van der Waals surface area contributed by atoms with Gasteiger partial charge >= 0.3 is 0 Å². The lowest BCUT2D eigenvalue weighted by atomic mass is 10.3. The van der Waals surface area contributed by atoms with E-state index < -0.39 is 0 Å². The quantitative estimate of drug-likeness (QED) is 0.914. The molecule has 1 aromatic heterocycles. The number of aromatic nitrogens is 2. The van der Waals surface area contributed by atoms with Crippen molar-refractivity contribution in [2.75, 3.05) is 17.7 Å². The molecule has 1 amide bonds. The second-order valence-corrected chi connectivity index (χ2v) is 4.42. The molecule has 5 nitrogen and oxygen atoms in total. The molecule has 2 rings (SSSR count). The van der Waals surface area contributed by atoms with E-state index in [9.17, 15) is 4.79 Å². The first-order valence-electron chi connectivity index (χ1n) is 5.26. The van der Waals surface area contributed by atoms with E-state index in [1.54, 1.807) is 19.3 Å². The molecule has 0 aliphatic carbocycles. The Bertz CT molecular complexity index is 574. The zero-order chi connectivity index (χ0) is 13.0. The minimum absolute atomic E-state index is 0.266. The van der Waals surface area contributed by atoms with Gasteiger partial charge in [-0.3, -0.25) is 9.78 Å². The van der Waals surface area contributed by atoms with Crippen LogP contribution >= 0.6 is 15.9 Å². The van der Waals surface area contributed by atoms with Gasteiger partial charge in [0.2, 0.25) is 0 Å². The van der Waals surface area contributed by atoms with Gasteiger partial charge in [0.05, 0.1) is 12.4 Å². The molecule has 0 fully saturated rings. The molecule has 6 heteroatoms. The van der Waals surface area contributed by atoms with Gasteiger partial charge in [-0.15, -0.1) is 0 Å². The van der Waals surface area contributed by atoms with Crippen molar-refractivity contribution in [3.8, 4) is 0 Å². The van der Waals surface area contributed by atoms with Gasteiger partial charge in [0.1, 0.15) is 11.5 Å². The van der Waals surface area contributed by atoms with Gasteiger partial charge in [-0.25, -0.2) is 4.98 Å². The van der Waals surface area contributed by atoms with Crippen LogP contribution in [0.1, 0.15) is 10.5 Å². The maximum atomic E-state index is 11.9. The lowest BCUT2D eigenvalue weighted by molar-refractivity contribution is 0.102. The number of hydrogen-bond acceptors (Lipinski definition) is 4. The van der Waals surface area contributed by atoms with Crippen molar-refractivity contribution in [2.24, 2.45) is 0 Å². The van der Waals surface area contributed by atoms with Gasteiger partial charge in [0.25, 0.3) is 5.91 Å². The van der Waals surface area contributed by atoms with Crippen molar-refractivity contribution in [3.05, 3.63) is 46.8 Å². The van der Waals surface area contributed by atoms with Gasteiger partial charge in [-0.05, 0) is 18.2 Å². The van der Waals surface area contributed by atoms with E-state index in [1.165, 1.54) is 6.20 Å². The van der Waals surface area contributed by atoms with E-state index in [0.29, 0.717) is 11.5 Å². The summed E-state index contributed by atoms with van der Waals surface area (Å²) in [6.07, 6.45) is 2.98. The fourth-order valence-electron chi connectivity index (χ4n) is 1.36. The van der Waals surface area contributed by atoms with Crippen LogP contribution in [0.4, 0.5) is 11.5 Å². The predicted octanol–water partition coefficient (Wildman–Crippen LogP) is 2.53. The smallest absolute Gasteiger partial charge is 0.275 e. The Kier molecular flexibility index (Phi) is 3.88. The highest BCUT2D eigenvalue weighted by Gasteiger charge is 2.08. The number of benzene rings is 1. The third-order valence-corrected chi connectivity index (χ3v) is 2.70. The standard InChI is InChI=1S/C12H11BrN4O/c1-14-11-7-15-6-10(17-11)12(18)16-9-4-2-3-8(13)5-9/h2-7H,1H3,(H,14,17)(H,16,18). The van der Waals surface area contributed by atoms with E-state index in [2.05, 4.69) is 36.5 Å². The molecule has 0 atom stereocenters. The molecule has 0 radical (unpaired) electrons. The minimum Gasteiger partial charge on any atom is -0.372 e. The second-order valence-electron chi connectivity index (χ2n) is 3.50. The molecule has 2 aromatic rings. The van der Waals surface area contributed by atoms with Crippen molar-refractivity contribution < 1.29 is 4.79 Å². The number of nitrogens with zero attached hydrogens (tertiary/aromatic N) is 2. The van der Waals surface area contributed by atoms with Crippen LogP contribution in [0.2, 0.25) is 0 Å². The SMILES string of the molecule is CNc1cncc(C(=O)Nc2cccc(Br)c2)n1. The Morgan fingerprint density at radius 3 is 2.89 bits per heavy atom. The van der Waals surface area contributed by atoms with E-state index in [4.69, 9.17) is 0 Å². The maximum absolute atomic E-state index is 11.9. The van der Waals surface area contributed by atoms with Crippen molar-refractivity contribution in [2.45, 2.75) is 0 Å². The maximum Gasteiger partial charge on any atom is 0.275 e. The summed E-state index contributed by atoms with van der Waals surface area (Å²) in [5.41, 5.74) is 0.966. The zero-order valence-electron chi connectivity index (χ0n) is 9.64. The number of anilines is 2. The number of carbonyl (C=O) groups excluding carboxylic acids is 1. The summed E-state index contributed by atoms with van der Waals surface area (Å²) in [6.45, 7) is 0. The molecule has 0 saturated heterocycles. The highest BCUT2D eigenvalue weighted by Crippen LogP contribution is 2.16. The molecule has 0 spiro atoms. The number of carbonyl (C=O) groups is 1. The fraction of sp³-hybridized carbons (Fsp3) is 0.0833. The average molecular weight is 307 g/mol. The highest BCUT2D eigenvalue weighted by molar-refractivity contribution is 9.10. The van der Waals surface area contributed by atoms with Crippen LogP contribution in [0.5, 0.6) is 0 Å². The summed E-state index contributed by atoms with van der Waals surface area (Å²) in [7, 11) is 1.72. The van der Waals surface area contributed by atoms with Gasteiger partial charge < -0.3 is 10.6 Å². The van der Waals surface area contributed by atoms with E-state index in [-0.39, 0.29) is 11.6 Å². The Hall–Kier alpha value is -1.95. The topological polar surface area (TPSA) is 66.9 Å². The molecular formula is C12H11BrN4O. The van der Waals surface area contributed by atoms with Crippen molar-refractivity contribution in [1.82, 2.24) is 9.97 Å². The van der Waals surface area contributed by atoms with Gasteiger partial charge in [0, 0.05) is 17.2 Å². The highest BCUT2D eigenvalue weighted by atomic mass is 79.9. The molecule has 1 heterocycles. The molecule has 92 valence electrons. The van der Waals surface area contributed by atoms with Gasteiger partial charge in [0.15, 0.2) is 0 Å². The van der Waals surface area contributed by atoms with Crippen LogP contribution in [-0.4, -0.2) is 22.9 Å². The molecule has 18 heavy (non-hydrogen) atoms. The summed E-state index contributed by atoms with van der Waals surface area (Å²) in [5.74, 6) is 0.259. The van der Waals surface area contributed by atoms with Crippen LogP contribution < -0.4 is 10.6 Å². The van der Waals surface area contributed by atoms with Gasteiger partial charge in [-0.2, -0.15) is 0 Å². The number of hydrogen-bond donors (Lipinski definition) is 2. The monoisotopic (exact) mass is 306 g/mol. The molecule has 2 N–H and O–H groups in total. The Labute approximate surface area is 113 Å². The molecule has 0 bridgehead atoms. The minimum atomic E-state index is -0.294. The molecule has 1 aromatic carbocycles. The molecule has 0 aliphatic heterocycles. The fourth-order valence-corrected chi connectivity index (χ4v) is 1.76. The van der Waals surface area contributed by atoms with E-state index in [0.717, 1.165) is 4.47 Å². The molecule has 0 unspecified atom stereocenters.